The summed E-state index contributed by atoms with van der Waals surface area (Å²) in [7, 11) is 0. The number of nitrogens with two attached hydrogens (primary N) is 2. The lowest BCUT2D eigenvalue weighted by molar-refractivity contribution is -0.114. The molecule has 2 heterocycles. The minimum Gasteiger partial charge on any atom is -0.366 e. The highest BCUT2D eigenvalue weighted by Crippen LogP contribution is 2.22. The molecule has 2 aromatic rings. The van der Waals surface area contributed by atoms with Crippen LogP contribution in [-0.4, -0.2) is 40.3 Å². The van der Waals surface area contributed by atoms with Crippen LogP contribution in [0.25, 0.3) is 11.4 Å². The summed E-state index contributed by atoms with van der Waals surface area (Å²) in [5.41, 5.74) is 13.7. The van der Waals surface area contributed by atoms with Gasteiger partial charge in [0.05, 0.1) is 5.57 Å². The Morgan fingerprint density at radius 1 is 1.27 bits per heavy atom. The van der Waals surface area contributed by atoms with Crippen molar-refractivity contribution in [3.63, 3.8) is 0 Å². The molecule has 1 fully saturated rings. The van der Waals surface area contributed by atoms with E-state index in [0.29, 0.717) is 23.2 Å². The summed E-state index contributed by atoms with van der Waals surface area (Å²) < 4.78 is 5.05. The summed E-state index contributed by atoms with van der Waals surface area (Å²) in [5, 5.41) is 13.8. The number of hydrogen-bond acceptors (Lipinski definition) is 9. The Bertz CT molecular complexity index is 983. The van der Waals surface area contributed by atoms with Gasteiger partial charge >= 0.3 is 0 Å². The third-order valence-electron chi connectivity index (χ3n) is 5.31. The average Bonchev–Trinajstić information content (AvgIpc) is 3.16. The highest BCUT2D eigenvalue weighted by atomic mass is 16.5. The van der Waals surface area contributed by atoms with E-state index in [1.807, 2.05) is 24.3 Å². The first kappa shape index (κ1) is 19.9. The van der Waals surface area contributed by atoms with Crippen molar-refractivity contribution in [3.8, 4) is 11.4 Å². The predicted molar refractivity (Wildman–Crippen MR) is 113 cm³/mol. The minimum atomic E-state index is -0.554. The van der Waals surface area contributed by atoms with Gasteiger partial charge in [0.25, 0.3) is 0 Å². The second-order valence-electron chi connectivity index (χ2n) is 7.57. The fraction of sp³-hybridized carbons (Fsp3) is 0.400. The van der Waals surface area contributed by atoms with Gasteiger partial charge in [0.1, 0.15) is 6.17 Å². The van der Waals surface area contributed by atoms with E-state index in [0.717, 1.165) is 36.9 Å². The lowest BCUT2D eigenvalue weighted by atomic mass is 9.91. The van der Waals surface area contributed by atoms with Crippen molar-refractivity contribution in [1.82, 2.24) is 20.8 Å². The molecule has 2 aliphatic rings. The zero-order valence-electron chi connectivity index (χ0n) is 16.8. The van der Waals surface area contributed by atoms with E-state index in [2.05, 4.69) is 31.1 Å². The van der Waals surface area contributed by atoms with Crippen LogP contribution in [0.2, 0.25) is 0 Å². The fourth-order valence-electron chi connectivity index (χ4n) is 3.70. The normalized spacial score (nSPS) is 23.7. The molecule has 0 spiro atoms. The Morgan fingerprint density at radius 3 is 2.83 bits per heavy atom. The molecule has 0 saturated heterocycles. The molecular weight excluding hydrogens is 384 g/mol. The number of guanidine groups is 1. The second kappa shape index (κ2) is 8.54. The summed E-state index contributed by atoms with van der Waals surface area (Å²) in [6.45, 7) is 1.74. The van der Waals surface area contributed by atoms with Gasteiger partial charge in [-0.3, -0.25) is 4.79 Å². The first-order chi connectivity index (χ1) is 14.5. The number of aliphatic imine (C=N–C) groups is 1. The minimum absolute atomic E-state index is 0.0753. The number of primary amides is 1. The zero-order chi connectivity index (χ0) is 21.1. The lowest BCUT2D eigenvalue weighted by Crippen LogP contribution is -2.57. The smallest absolute Gasteiger partial charge is 0.250 e. The highest BCUT2D eigenvalue weighted by Gasteiger charge is 2.27. The van der Waals surface area contributed by atoms with Crippen molar-refractivity contribution in [1.29, 1.82) is 0 Å². The second-order valence-corrected chi connectivity index (χ2v) is 7.57. The molecule has 0 radical (unpaired) electrons. The van der Waals surface area contributed by atoms with E-state index in [1.165, 1.54) is 6.20 Å². The summed E-state index contributed by atoms with van der Waals surface area (Å²) >= 11 is 0. The van der Waals surface area contributed by atoms with Crippen molar-refractivity contribution < 1.29 is 9.32 Å². The molecule has 0 bridgehead atoms. The van der Waals surface area contributed by atoms with E-state index in [-0.39, 0.29) is 12.1 Å². The predicted octanol–water partition coefficient (Wildman–Crippen LogP) is 0.971. The van der Waals surface area contributed by atoms with E-state index in [1.54, 1.807) is 6.92 Å². The van der Waals surface area contributed by atoms with Crippen LogP contribution in [0.15, 0.2) is 45.6 Å². The van der Waals surface area contributed by atoms with Gasteiger partial charge in [-0.15, -0.1) is 0 Å². The van der Waals surface area contributed by atoms with Gasteiger partial charge in [-0.05, 0) is 25.0 Å². The molecule has 10 nitrogen and oxygen atoms in total. The molecule has 1 unspecified atom stereocenters. The number of nitrogens with zero attached hydrogens (tertiary/aromatic N) is 3. The number of hydrogen-bond donors (Lipinski definition) is 5. The molecule has 10 heteroatoms. The fourth-order valence-corrected chi connectivity index (χ4v) is 3.70. The topological polar surface area (TPSA) is 156 Å². The number of aromatic nitrogens is 2. The van der Waals surface area contributed by atoms with Crippen LogP contribution < -0.4 is 27.4 Å². The number of rotatable bonds is 5. The number of amides is 1. The van der Waals surface area contributed by atoms with Gasteiger partial charge in [-0.1, -0.05) is 30.1 Å². The number of benzene rings is 1. The van der Waals surface area contributed by atoms with Crippen molar-refractivity contribution in [2.45, 2.75) is 50.9 Å². The van der Waals surface area contributed by atoms with Crippen LogP contribution in [0, 0.1) is 6.92 Å². The molecule has 1 amide bonds. The van der Waals surface area contributed by atoms with Crippen LogP contribution in [0.3, 0.4) is 0 Å². The van der Waals surface area contributed by atoms with Crippen LogP contribution in [0.5, 0.6) is 0 Å². The number of carbonyl (C=O) groups is 1. The van der Waals surface area contributed by atoms with Gasteiger partial charge < -0.3 is 31.9 Å². The third-order valence-corrected chi connectivity index (χ3v) is 5.31. The Hall–Kier alpha value is -3.40. The van der Waals surface area contributed by atoms with Crippen LogP contribution in [0.4, 0.5) is 5.69 Å². The zero-order valence-corrected chi connectivity index (χ0v) is 16.8. The first-order valence-electron chi connectivity index (χ1n) is 10.0. The average molecular weight is 410 g/mol. The van der Waals surface area contributed by atoms with Crippen LogP contribution in [0.1, 0.15) is 31.6 Å². The molecule has 1 saturated carbocycles. The largest absolute Gasteiger partial charge is 0.366 e. The molecule has 1 aromatic carbocycles. The standard InChI is InChI=1S/C20H26N8O2/c1-11-24-18(28-30-11)12-5-4-6-13(9-12)25-19-14(17(22)29)10-23-20(27-19)26-16-8-3-2-7-15(16)21/h4-6,9-10,15-16,19,25H,2-3,7-8,21H2,1H3,(H2,22,29)(H2,23,26,27)/t15-,16+,19?/m0/s1. The first-order valence-corrected chi connectivity index (χ1v) is 10.0. The number of nitrogens with one attached hydrogen (secondary N) is 3. The maximum atomic E-state index is 11.9. The van der Waals surface area contributed by atoms with Gasteiger partial charge in [0.15, 0.2) is 5.96 Å². The van der Waals surface area contributed by atoms with E-state index in [4.69, 9.17) is 16.0 Å². The van der Waals surface area contributed by atoms with Gasteiger partial charge in [-0.2, -0.15) is 4.98 Å². The monoisotopic (exact) mass is 410 g/mol. The van der Waals surface area contributed by atoms with E-state index in [9.17, 15) is 4.79 Å². The Kier molecular flexibility index (Phi) is 5.66. The molecule has 3 atom stereocenters. The Labute approximate surface area is 174 Å². The third kappa shape index (κ3) is 4.43. The molecule has 1 aliphatic carbocycles. The number of anilines is 1. The highest BCUT2D eigenvalue weighted by molar-refractivity contribution is 5.97. The molecule has 1 aromatic heterocycles. The quantitative estimate of drug-likeness (QED) is 0.488. The molecule has 1 aliphatic heterocycles. The van der Waals surface area contributed by atoms with Crippen molar-refractivity contribution in [2.75, 3.05) is 5.32 Å². The van der Waals surface area contributed by atoms with E-state index >= 15 is 0 Å². The molecular formula is C20H26N8O2. The van der Waals surface area contributed by atoms with Crippen molar-refractivity contribution in [2.24, 2.45) is 16.5 Å². The lowest BCUT2D eigenvalue weighted by Gasteiger charge is -2.33. The number of aryl methyl sites for hydroxylation is 1. The SMILES string of the molecule is Cc1nc(-c2cccc(NC3NC(N[C@@H]4CCCC[C@@H]4N)=NC=C3C(N)=O)c2)no1. The van der Waals surface area contributed by atoms with Crippen LogP contribution >= 0.6 is 0 Å². The molecule has 4 rings (SSSR count). The summed E-state index contributed by atoms with van der Waals surface area (Å²) in [5.74, 6) is 0.990. The summed E-state index contributed by atoms with van der Waals surface area (Å²) in [6, 6.07) is 7.72. The molecule has 7 N–H and O–H groups in total. The maximum absolute atomic E-state index is 11.9. The van der Waals surface area contributed by atoms with Gasteiger partial charge in [0.2, 0.25) is 17.6 Å². The van der Waals surface area contributed by atoms with E-state index < -0.39 is 12.1 Å². The molecule has 30 heavy (non-hydrogen) atoms. The molecule has 158 valence electrons. The van der Waals surface area contributed by atoms with Gasteiger partial charge in [-0.25, -0.2) is 4.99 Å². The Balaban J connectivity index is 1.50. The van der Waals surface area contributed by atoms with Crippen molar-refractivity contribution >= 4 is 17.6 Å². The summed E-state index contributed by atoms with van der Waals surface area (Å²) in [6.07, 6.45) is 5.18. The van der Waals surface area contributed by atoms with Crippen molar-refractivity contribution in [3.05, 3.63) is 41.9 Å². The van der Waals surface area contributed by atoms with Gasteiger partial charge in [0, 0.05) is 36.5 Å². The summed E-state index contributed by atoms with van der Waals surface area (Å²) in [4.78, 5) is 20.5. The van der Waals surface area contributed by atoms with Crippen LogP contribution in [-0.2, 0) is 4.79 Å². The Morgan fingerprint density at radius 2 is 2.10 bits per heavy atom. The maximum Gasteiger partial charge on any atom is 0.250 e. The number of carbonyl (C=O) groups excluding carboxylic acids is 1.